The van der Waals surface area contributed by atoms with Gasteiger partial charge in [-0.1, -0.05) is 48.7 Å². The number of aliphatic hydroxyl groups is 1. The molecular formula is C28H39ClN2O6. The second-order valence-corrected chi connectivity index (χ2v) is 9.83. The molecule has 8 nitrogen and oxygen atoms in total. The first-order chi connectivity index (χ1) is 17.8. The van der Waals surface area contributed by atoms with Crippen molar-refractivity contribution >= 4 is 35.3 Å². The fourth-order valence-corrected chi connectivity index (χ4v) is 4.68. The lowest BCUT2D eigenvalue weighted by atomic mass is 9.90. The van der Waals surface area contributed by atoms with Gasteiger partial charge in [0.2, 0.25) is 0 Å². The molecule has 1 saturated carbocycles. The van der Waals surface area contributed by atoms with Crippen molar-refractivity contribution in [2.24, 2.45) is 11.1 Å². The van der Waals surface area contributed by atoms with Gasteiger partial charge >= 0.3 is 11.9 Å². The van der Waals surface area contributed by atoms with Crippen LogP contribution in [0, 0.1) is 5.92 Å². The normalized spacial score (nSPS) is 21.4. The van der Waals surface area contributed by atoms with Gasteiger partial charge in [-0.05, 0) is 81.0 Å². The third-order valence-corrected chi connectivity index (χ3v) is 6.53. The van der Waals surface area contributed by atoms with E-state index in [1.165, 1.54) is 31.3 Å². The third-order valence-electron chi connectivity index (χ3n) is 6.28. The van der Waals surface area contributed by atoms with Crippen LogP contribution in [-0.4, -0.2) is 70.2 Å². The molecule has 2 fully saturated rings. The topological polar surface area (TPSA) is 120 Å². The van der Waals surface area contributed by atoms with Gasteiger partial charge in [-0.25, -0.2) is 9.59 Å². The average molecular weight is 535 g/mol. The fraction of sp³-hybridized carbons (Fsp3) is 0.536. The van der Waals surface area contributed by atoms with Gasteiger partial charge < -0.3 is 25.1 Å². The number of allylic oxidation sites excluding steroid dienone is 1. The predicted octanol–water partition coefficient (Wildman–Crippen LogP) is 5.25. The Morgan fingerprint density at radius 3 is 2.35 bits per heavy atom. The number of halogens is 1. The number of carboxylic acids is 2. The molecule has 37 heavy (non-hydrogen) atoms. The number of carbonyl (C=O) groups is 2. The van der Waals surface area contributed by atoms with Gasteiger partial charge in [0, 0.05) is 29.6 Å². The zero-order chi connectivity index (χ0) is 27.0. The summed E-state index contributed by atoms with van der Waals surface area (Å²) in [5.74, 6) is -2.09. The van der Waals surface area contributed by atoms with E-state index in [9.17, 15) is 14.7 Å². The molecule has 1 aliphatic heterocycles. The highest BCUT2D eigenvalue weighted by Gasteiger charge is 2.23. The van der Waals surface area contributed by atoms with Crippen molar-refractivity contribution in [3.05, 3.63) is 52.6 Å². The van der Waals surface area contributed by atoms with Crippen LogP contribution in [0.1, 0.15) is 63.9 Å². The number of β-amino-alcohol motifs (C(OH)–C–C–N with tert-alkyl or cyclic N) is 1. The highest BCUT2D eigenvalue weighted by atomic mass is 35.5. The maximum Gasteiger partial charge on any atom is 0.328 e. The number of rotatable bonds is 10. The summed E-state index contributed by atoms with van der Waals surface area (Å²) in [5.41, 5.74) is 3.48. The minimum absolute atomic E-state index is 0.257. The fourth-order valence-electron chi connectivity index (χ4n) is 4.55. The van der Waals surface area contributed by atoms with Crippen LogP contribution in [0.3, 0.4) is 0 Å². The summed E-state index contributed by atoms with van der Waals surface area (Å²) in [6.07, 6.45) is 12.1. The summed E-state index contributed by atoms with van der Waals surface area (Å²) in [4.78, 5) is 27.1. The standard InChI is InChI=1S/C24H35ClN2O2.C4H4O4/c1-2-7-20-8-3-4-9-21(16-19-10-12-22(25)13-11-19)24(20)26-29-18-23(28)17-27-14-5-6-15-27;5-3(6)1-2-4(7)8/h10-13,16,20,23,28H,2-9,14-15,17-18H2,1H3;1-2H,(H,5,6)(H,7,8)/b21-16+,26-24+;2-1+. The first-order valence-corrected chi connectivity index (χ1v) is 13.4. The van der Waals surface area contributed by atoms with Gasteiger partial charge in [0.1, 0.15) is 12.7 Å². The van der Waals surface area contributed by atoms with E-state index in [4.69, 9.17) is 26.7 Å². The lowest BCUT2D eigenvalue weighted by Crippen LogP contribution is -2.32. The van der Waals surface area contributed by atoms with Crippen molar-refractivity contribution in [1.29, 1.82) is 0 Å². The number of hydrogen-bond acceptors (Lipinski definition) is 6. The summed E-state index contributed by atoms with van der Waals surface area (Å²) >= 11 is 6.04. The zero-order valence-corrected chi connectivity index (χ0v) is 22.3. The lowest BCUT2D eigenvalue weighted by molar-refractivity contribution is -0.134. The number of nitrogens with zero attached hydrogens (tertiary/aromatic N) is 2. The van der Waals surface area contributed by atoms with Crippen molar-refractivity contribution < 1.29 is 29.7 Å². The Morgan fingerprint density at radius 2 is 1.76 bits per heavy atom. The third kappa shape index (κ3) is 12.4. The van der Waals surface area contributed by atoms with E-state index in [0.717, 1.165) is 55.1 Å². The minimum atomic E-state index is -1.26. The first-order valence-electron chi connectivity index (χ1n) is 13.0. The molecule has 0 bridgehead atoms. The van der Waals surface area contributed by atoms with Crippen molar-refractivity contribution in [2.75, 3.05) is 26.2 Å². The number of oxime groups is 1. The largest absolute Gasteiger partial charge is 0.478 e. The van der Waals surface area contributed by atoms with E-state index < -0.39 is 18.0 Å². The second kappa shape index (κ2) is 16.9. The molecule has 1 heterocycles. The van der Waals surface area contributed by atoms with Crippen LogP contribution in [0.4, 0.5) is 0 Å². The molecule has 3 N–H and O–H groups in total. The average Bonchev–Trinajstić information content (AvgIpc) is 3.29. The Balaban J connectivity index is 0.000000521. The van der Waals surface area contributed by atoms with Crippen molar-refractivity contribution in [1.82, 2.24) is 4.90 Å². The van der Waals surface area contributed by atoms with E-state index in [2.05, 4.69) is 23.1 Å². The summed E-state index contributed by atoms with van der Waals surface area (Å²) in [6, 6.07) is 7.95. The molecule has 9 heteroatoms. The smallest absolute Gasteiger partial charge is 0.328 e. The zero-order valence-electron chi connectivity index (χ0n) is 21.5. The predicted molar refractivity (Wildman–Crippen MR) is 146 cm³/mol. The number of aliphatic hydroxyl groups excluding tert-OH is 1. The van der Waals surface area contributed by atoms with E-state index >= 15 is 0 Å². The maximum atomic E-state index is 10.3. The number of likely N-dealkylation sites (tertiary alicyclic amines) is 1. The molecule has 0 aromatic heterocycles. The molecular weight excluding hydrogens is 496 g/mol. The molecule has 0 amide bonds. The Kier molecular flexibility index (Phi) is 14.0. The van der Waals surface area contributed by atoms with Crippen LogP contribution in [0.25, 0.3) is 6.08 Å². The van der Waals surface area contributed by atoms with E-state index in [1.807, 2.05) is 24.3 Å². The summed E-state index contributed by atoms with van der Waals surface area (Å²) in [7, 11) is 0. The highest BCUT2D eigenvalue weighted by Crippen LogP contribution is 2.30. The van der Waals surface area contributed by atoms with Crippen LogP contribution in [-0.2, 0) is 14.4 Å². The van der Waals surface area contributed by atoms with Gasteiger partial charge in [0.05, 0.1) is 5.71 Å². The molecule has 1 aliphatic carbocycles. The molecule has 204 valence electrons. The van der Waals surface area contributed by atoms with Crippen LogP contribution in [0.2, 0.25) is 5.02 Å². The maximum absolute atomic E-state index is 10.3. The van der Waals surface area contributed by atoms with Crippen molar-refractivity contribution in [3.8, 4) is 0 Å². The van der Waals surface area contributed by atoms with E-state index in [1.54, 1.807) is 0 Å². The Bertz CT molecular complexity index is 922. The van der Waals surface area contributed by atoms with Crippen LogP contribution in [0.15, 0.2) is 47.1 Å². The lowest BCUT2D eigenvalue weighted by Gasteiger charge is -2.20. The van der Waals surface area contributed by atoms with E-state index in [-0.39, 0.29) is 6.61 Å². The van der Waals surface area contributed by atoms with Gasteiger partial charge in [-0.15, -0.1) is 0 Å². The Labute approximate surface area is 224 Å². The van der Waals surface area contributed by atoms with Gasteiger partial charge in [-0.3, -0.25) is 0 Å². The molecule has 1 saturated heterocycles. The Hall–Kier alpha value is -2.68. The highest BCUT2D eigenvalue weighted by molar-refractivity contribution is 6.30. The van der Waals surface area contributed by atoms with Crippen LogP contribution in [0.5, 0.6) is 0 Å². The SMILES string of the molecule is CCCC1CCCCC(=C\c2ccc(Cl)cc2)/C1=N/OCC(O)CN1CCCC1.O=C(O)/C=C/C(=O)O. The molecule has 1 aromatic rings. The van der Waals surface area contributed by atoms with Gasteiger partial charge in [-0.2, -0.15) is 0 Å². The number of benzene rings is 1. The number of hydrogen-bond donors (Lipinski definition) is 3. The minimum Gasteiger partial charge on any atom is -0.478 e. The monoisotopic (exact) mass is 534 g/mol. The molecule has 0 radical (unpaired) electrons. The van der Waals surface area contributed by atoms with Gasteiger partial charge in [0.15, 0.2) is 0 Å². The molecule has 3 rings (SSSR count). The molecule has 2 unspecified atom stereocenters. The van der Waals surface area contributed by atoms with Crippen molar-refractivity contribution in [2.45, 2.75) is 64.4 Å². The van der Waals surface area contributed by atoms with Crippen LogP contribution >= 0.6 is 11.6 Å². The summed E-state index contributed by atoms with van der Waals surface area (Å²) < 4.78 is 0. The molecule has 2 aliphatic rings. The molecule has 2 atom stereocenters. The summed E-state index contributed by atoms with van der Waals surface area (Å²) in [5, 5.41) is 31.3. The first kappa shape index (κ1) is 30.5. The van der Waals surface area contributed by atoms with Crippen LogP contribution < -0.4 is 0 Å². The quantitative estimate of drug-likeness (QED) is 0.213. The second-order valence-electron chi connectivity index (χ2n) is 9.40. The molecule has 1 aromatic carbocycles. The summed E-state index contributed by atoms with van der Waals surface area (Å²) in [6.45, 7) is 5.33. The van der Waals surface area contributed by atoms with Crippen molar-refractivity contribution in [3.63, 3.8) is 0 Å². The molecule has 0 spiro atoms. The number of aliphatic carboxylic acids is 2. The van der Waals surface area contributed by atoms with Gasteiger partial charge in [0.25, 0.3) is 0 Å². The Morgan fingerprint density at radius 1 is 1.11 bits per heavy atom. The number of carboxylic acid groups (broad SMARTS) is 2. The van der Waals surface area contributed by atoms with E-state index in [0.29, 0.717) is 24.6 Å².